The topological polar surface area (TPSA) is 158 Å². The van der Waals surface area contributed by atoms with Gasteiger partial charge in [-0.1, -0.05) is 0 Å². The molecule has 0 aromatic carbocycles. The van der Waals surface area contributed by atoms with Crippen molar-refractivity contribution in [1.82, 2.24) is 19.9 Å². The van der Waals surface area contributed by atoms with Crippen LogP contribution in [0.2, 0.25) is 0 Å². The van der Waals surface area contributed by atoms with Crippen LogP contribution in [0, 0.1) is 5.92 Å². The molecule has 3 aromatic heterocycles. The molecule has 12 nitrogen and oxygen atoms in total. The smallest absolute Gasteiger partial charge is 0.382 e. The predicted molar refractivity (Wildman–Crippen MR) is 143 cm³/mol. The van der Waals surface area contributed by atoms with Crippen LogP contribution in [0.3, 0.4) is 0 Å². The largest absolute Gasteiger partial charge is 0.418 e. The fourth-order valence-electron chi connectivity index (χ4n) is 5.33. The van der Waals surface area contributed by atoms with Crippen molar-refractivity contribution in [3.8, 4) is 11.4 Å². The summed E-state index contributed by atoms with van der Waals surface area (Å²) in [6.07, 6.45) is -2.27. The standard InChI is InChI=1S/C26H28F3N9O3/c27-26(28,29)15-3-4-19(37-6-8-40-9-7-37)35-21(15)16-10-33-23(31)22(34-16)25(39)36-24-17(2-1-5-32-24)38-11-14-13-41-18(12-38)20(14)30/h1-5,10,14,18,20H,6-9,11-13,30H2,(H2,31,33)(H,32,36,39)/t14-,18-,20+/m1/s1. The Hall–Kier alpha value is -4.08. The predicted octanol–water partition coefficient (Wildman–Crippen LogP) is 1.79. The van der Waals surface area contributed by atoms with E-state index >= 15 is 0 Å². The molecular weight excluding hydrogens is 543 g/mol. The van der Waals surface area contributed by atoms with E-state index in [1.165, 1.54) is 12.3 Å². The number of alkyl halides is 3. The third-order valence-electron chi connectivity index (χ3n) is 7.49. The number of fused-ring (bicyclic) bond motifs is 2. The number of carbonyl (C=O) groups is 1. The number of morpholine rings is 1. The summed E-state index contributed by atoms with van der Waals surface area (Å²) in [6, 6.07) is 5.75. The van der Waals surface area contributed by atoms with Gasteiger partial charge in [-0.25, -0.2) is 19.9 Å². The molecular formula is C26H28F3N9O3. The first-order valence-corrected chi connectivity index (χ1v) is 13.1. The first-order chi connectivity index (χ1) is 19.7. The number of anilines is 4. The molecule has 1 amide bonds. The molecule has 5 N–H and O–H groups in total. The molecule has 0 unspecified atom stereocenters. The summed E-state index contributed by atoms with van der Waals surface area (Å²) < 4.78 is 53.1. The normalized spacial score (nSPS) is 22.6. The zero-order valence-corrected chi connectivity index (χ0v) is 21.8. The third-order valence-corrected chi connectivity index (χ3v) is 7.49. The van der Waals surface area contributed by atoms with E-state index in [0.717, 1.165) is 12.3 Å². The number of rotatable bonds is 5. The van der Waals surface area contributed by atoms with Gasteiger partial charge in [-0.15, -0.1) is 0 Å². The van der Waals surface area contributed by atoms with Crippen molar-refractivity contribution in [3.63, 3.8) is 0 Å². The second-order valence-corrected chi connectivity index (χ2v) is 10.1. The van der Waals surface area contributed by atoms with Crippen molar-refractivity contribution in [2.45, 2.75) is 18.3 Å². The number of hydrogen-bond donors (Lipinski definition) is 3. The molecule has 3 atom stereocenters. The van der Waals surface area contributed by atoms with Crippen LogP contribution < -0.4 is 26.6 Å². The van der Waals surface area contributed by atoms with Crippen molar-refractivity contribution in [2.75, 3.05) is 66.8 Å². The fraction of sp³-hybridized carbons (Fsp3) is 0.423. The van der Waals surface area contributed by atoms with Crippen LogP contribution in [-0.2, 0) is 15.7 Å². The van der Waals surface area contributed by atoms with Crippen LogP contribution in [0.25, 0.3) is 11.4 Å². The quantitative estimate of drug-likeness (QED) is 0.410. The monoisotopic (exact) mass is 571 g/mol. The number of ether oxygens (including phenoxy) is 2. The number of nitrogen functional groups attached to an aromatic ring is 1. The number of aromatic nitrogens is 4. The Morgan fingerprint density at radius 3 is 2.63 bits per heavy atom. The molecule has 3 saturated heterocycles. The van der Waals surface area contributed by atoms with E-state index in [2.05, 4.69) is 25.3 Å². The van der Waals surface area contributed by atoms with E-state index < -0.39 is 23.3 Å². The Morgan fingerprint density at radius 2 is 1.88 bits per heavy atom. The summed E-state index contributed by atoms with van der Waals surface area (Å²) in [7, 11) is 0. The molecule has 15 heteroatoms. The lowest BCUT2D eigenvalue weighted by Gasteiger charge is -2.36. The average molecular weight is 572 g/mol. The van der Waals surface area contributed by atoms with Gasteiger partial charge < -0.3 is 36.1 Å². The van der Waals surface area contributed by atoms with Gasteiger partial charge in [0.05, 0.1) is 43.4 Å². The van der Waals surface area contributed by atoms with Gasteiger partial charge in [0.25, 0.3) is 5.91 Å². The zero-order chi connectivity index (χ0) is 28.7. The highest BCUT2D eigenvalue weighted by Gasteiger charge is 2.42. The number of pyridine rings is 2. The van der Waals surface area contributed by atoms with Crippen LogP contribution >= 0.6 is 0 Å². The van der Waals surface area contributed by atoms with Gasteiger partial charge in [0.15, 0.2) is 17.3 Å². The highest BCUT2D eigenvalue weighted by atomic mass is 19.4. The Morgan fingerprint density at radius 1 is 1.07 bits per heavy atom. The molecule has 0 aliphatic carbocycles. The Kier molecular flexibility index (Phi) is 7.09. The number of halogens is 3. The minimum absolute atomic E-state index is 0.0595. The Bertz CT molecular complexity index is 1440. The SMILES string of the molecule is Nc1ncc(-c2nc(N3CCOCC3)ccc2C(F)(F)F)nc1C(=O)Nc1ncccc1N1C[C@@H]2CO[C@H](C1)[C@H]2N. The number of hydrogen-bond acceptors (Lipinski definition) is 11. The number of nitrogens with one attached hydrogen (secondary N) is 1. The van der Waals surface area contributed by atoms with Crippen LogP contribution in [0.4, 0.5) is 36.3 Å². The van der Waals surface area contributed by atoms with E-state index in [4.69, 9.17) is 20.9 Å². The van der Waals surface area contributed by atoms with Crippen molar-refractivity contribution >= 4 is 29.0 Å². The van der Waals surface area contributed by atoms with E-state index in [0.29, 0.717) is 57.5 Å². The van der Waals surface area contributed by atoms with E-state index in [1.54, 1.807) is 12.1 Å². The summed E-state index contributed by atoms with van der Waals surface area (Å²) in [4.78, 5) is 34.0. The molecule has 3 aromatic rings. The van der Waals surface area contributed by atoms with Gasteiger partial charge in [0, 0.05) is 44.3 Å². The molecule has 0 spiro atoms. The number of piperidine rings is 1. The van der Waals surface area contributed by atoms with Gasteiger partial charge in [-0.05, 0) is 24.3 Å². The Labute approximate surface area is 232 Å². The third kappa shape index (κ3) is 5.35. The van der Waals surface area contributed by atoms with Gasteiger partial charge in [-0.3, -0.25) is 4.79 Å². The number of nitrogens with zero attached hydrogens (tertiary/aromatic N) is 6. The van der Waals surface area contributed by atoms with Crippen LogP contribution in [-0.4, -0.2) is 84.0 Å². The van der Waals surface area contributed by atoms with Gasteiger partial charge in [-0.2, -0.15) is 13.2 Å². The van der Waals surface area contributed by atoms with E-state index in [-0.39, 0.29) is 41.1 Å². The molecule has 6 rings (SSSR count). The number of carbonyl (C=O) groups excluding carboxylic acids is 1. The molecule has 41 heavy (non-hydrogen) atoms. The minimum atomic E-state index is -4.72. The second-order valence-electron chi connectivity index (χ2n) is 10.1. The summed E-state index contributed by atoms with van der Waals surface area (Å²) in [6.45, 7) is 3.51. The maximum Gasteiger partial charge on any atom is 0.418 e. The van der Waals surface area contributed by atoms with Gasteiger partial charge in [0.1, 0.15) is 17.2 Å². The first-order valence-electron chi connectivity index (χ1n) is 13.1. The lowest BCUT2D eigenvalue weighted by atomic mass is 9.94. The van der Waals surface area contributed by atoms with Crippen LogP contribution in [0.15, 0.2) is 36.7 Å². The van der Waals surface area contributed by atoms with E-state index in [1.807, 2.05) is 9.80 Å². The van der Waals surface area contributed by atoms with Crippen molar-refractivity contribution in [3.05, 3.63) is 47.9 Å². The molecule has 3 aliphatic rings. The fourth-order valence-corrected chi connectivity index (χ4v) is 5.33. The molecule has 216 valence electrons. The minimum Gasteiger partial charge on any atom is -0.382 e. The molecule has 6 heterocycles. The Balaban J connectivity index is 1.31. The summed E-state index contributed by atoms with van der Waals surface area (Å²) in [5.74, 6) is -0.320. The molecule has 3 fully saturated rings. The van der Waals surface area contributed by atoms with Crippen molar-refractivity contribution in [1.29, 1.82) is 0 Å². The maximum absolute atomic E-state index is 14.0. The van der Waals surface area contributed by atoms with Crippen LogP contribution in [0.1, 0.15) is 16.1 Å². The summed E-state index contributed by atoms with van der Waals surface area (Å²) in [5, 5.41) is 2.70. The molecule has 0 radical (unpaired) electrons. The summed E-state index contributed by atoms with van der Waals surface area (Å²) >= 11 is 0. The second kappa shape index (κ2) is 10.7. The molecule has 2 bridgehead atoms. The summed E-state index contributed by atoms with van der Waals surface area (Å²) in [5.41, 5.74) is 10.8. The highest BCUT2D eigenvalue weighted by molar-refractivity contribution is 6.06. The van der Waals surface area contributed by atoms with E-state index in [9.17, 15) is 18.0 Å². The van der Waals surface area contributed by atoms with Crippen molar-refractivity contribution in [2.24, 2.45) is 11.7 Å². The first kappa shape index (κ1) is 27.1. The zero-order valence-electron chi connectivity index (χ0n) is 21.8. The lowest BCUT2D eigenvalue weighted by Crippen LogP contribution is -2.52. The molecule has 0 saturated carbocycles. The van der Waals surface area contributed by atoms with Gasteiger partial charge >= 0.3 is 6.18 Å². The highest BCUT2D eigenvalue weighted by Crippen LogP contribution is 2.37. The maximum atomic E-state index is 14.0. The van der Waals surface area contributed by atoms with Crippen molar-refractivity contribution < 1.29 is 27.4 Å². The average Bonchev–Trinajstić information content (AvgIpc) is 3.16. The van der Waals surface area contributed by atoms with Crippen LogP contribution in [0.5, 0.6) is 0 Å². The number of amides is 1. The van der Waals surface area contributed by atoms with Gasteiger partial charge in [0.2, 0.25) is 0 Å². The molecule has 3 aliphatic heterocycles. The lowest BCUT2D eigenvalue weighted by molar-refractivity contribution is -0.137. The number of nitrogens with two attached hydrogens (primary N) is 2.